The number of rotatable bonds is 4. The van der Waals surface area contributed by atoms with Gasteiger partial charge in [-0.15, -0.1) is 0 Å². The fourth-order valence-electron chi connectivity index (χ4n) is 2.25. The molecule has 1 aliphatic heterocycles. The number of benzene rings is 1. The summed E-state index contributed by atoms with van der Waals surface area (Å²) in [5.41, 5.74) is 0.417. The Morgan fingerprint density at radius 1 is 1.55 bits per heavy atom. The second kappa shape index (κ2) is 6.76. The molecule has 1 amide bonds. The van der Waals surface area contributed by atoms with Gasteiger partial charge in [0.05, 0.1) is 23.7 Å². The van der Waals surface area contributed by atoms with Crippen LogP contribution in [0.1, 0.15) is 34.3 Å². The molecule has 0 bridgehead atoms. The van der Waals surface area contributed by atoms with Gasteiger partial charge in [-0.3, -0.25) is 9.89 Å². The van der Waals surface area contributed by atoms with Crippen LogP contribution in [-0.4, -0.2) is 34.3 Å². The monoisotopic (exact) mass is 384 g/mol. The fraction of sp³-hybridized carbons (Fsp3) is 0.357. The average molecular weight is 386 g/mol. The summed E-state index contributed by atoms with van der Waals surface area (Å²) in [4.78, 5) is 16.5. The zero-order valence-electron chi connectivity index (χ0n) is 11.6. The van der Waals surface area contributed by atoms with Crippen LogP contribution >= 0.6 is 27.5 Å². The zero-order valence-corrected chi connectivity index (χ0v) is 13.9. The largest absolute Gasteiger partial charge is 0.381 e. The normalized spacial score (nSPS) is 17.6. The first-order chi connectivity index (χ1) is 10.6. The zero-order chi connectivity index (χ0) is 15.5. The fourth-order valence-corrected chi connectivity index (χ4v) is 2.83. The third-order valence-electron chi connectivity index (χ3n) is 3.46. The lowest BCUT2D eigenvalue weighted by Gasteiger charge is -2.06. The van der Waals surface area contributed by atoms with Crippen LogP contribution in [0, 0.1) is 0 Å². The summed E-state index contributed by atoms with van der Waals surface area (Å²) in [7, 11) is 0. The molecular weight excluding hydrogens is 372 g/mol. The Morgan fingerprint density at radius 2 is 2.41 bits per heavy atom. The summed E-state index contributed by atoms with van der Waals surface area (Å²) in [6, 6.07) is 5.22. The molecule has 1 saturated heterocycles. The number of aromatic nitrogens is 3. The van der Waals surface area contributed by atoms with Gasteiger partial charge >= 0.3 is 0 Å². The molecule has 1 aromatic carbocycles. The van der Waals surface area contributed by atoms with Crippen molar-refractivity contribution in [3.8, 4) is 0 Å². The minimum atomic E-state index is -0.256. The molecule has 6 nitrogen and oxygen atoms in total. The Morgan fingerprint density at radius 3 is 3.18 bits per heavy atom. The maximum atomic E-state index is 12.2. The van der Waals surface area contributed by atoms with Gasteiger partial charge in [0, 0.05) is 17.0 Å². The van der Waals surface area contributed by atoms with Crippen molar-refractivity contribution in [3.05, 3.63) is 44.9 Å². The number of halogens is 2. The predicted molar refractivity (Wildman–Crippen MR) is 84.9 cm³/mol. The van der Waals surface area contributed by atoms with Gasteiger partial charge in [0.15, 0.2) is 5.82 Å². The van der Waals surface area contributed by atoms with Gasteiger partial charge in [-0.25, -0.2) is 4.98 Å². The highest BCUT2D eigenvalue weighted by molar-refractivity contribution is 9.10. The third kappa shape index (κ3) is 3.31. The quantitative estimate of drug-likeness (QED) is 0.848. The van der Waals surface area contributed by atoms with Crippen molar-refractivity contribution in [3.63, 3.8) is 0 Å². The Balaban J connectivity index is 1.62. The highest BCUT2D eigenvalue weighted by Gasteiger charge is 2.22. The summed E-state index contributed by atoms with van der Waals surface area (Å²) < 4.78 is 6.00. The van der Waals surface area contributed by atoms with Crippen LogP contribution < -0.4 is 5.32 Å². The average Bonchev–Trinajstić information content (AvgIpc) is 3.18. The molecule has 2 heterocycles. The van der Waals surface area contributed by atoms with Crippen molar-refractivity contribution >= 4 is 33.4 Å². The molecule has 1 fully saturated rings. The number of carbonyl (C=O) groups is 1. The van der Waals surface area contributed by atoms with E-state index in [-0.39, 0.29) is 18.4 Å². The molecular formula is C14H14BrClN4O2. The number of amides is 1. The lowest BCUT2D eigenvalue weighted by Crippen LogP contribution is -2.23. The van der Waals surface area contributed by atoms with Crippen LogP contribution in [0.4, 0.5) is 0 Å². The Bertz CT molecular complexity index is 685. The van der Waals surface area contributed by atoms with Gasteiger partial charge in [0.2, 0.25) is 0 Å². The van der Waals surface area contributed by atoms with Gasteiger partial charge in [-0.05, 0) is 34.5 Å². The van der Waals surface area contributed by atoms with E-state index in [9.17, 15) is 4.79 Å². The number of hydrogen-bond acceptors (Lipinski definition) is 4. The van der Waals surface area contributed by atoms with E-state index in [0.717, 1.165) is 18.9 Å². The minimum Gasteiger partial charge on any atom is -0.381 e. The van der Waals surface area contributed by atoms with E-state index in [4.69, 9.17) is 16.3 Å². The van der Waals surface area contributed by atoms with E-state index < -0.39 is 0 Å². The SMILES string of the molecule is O=C(NCc1nc(C2CCOC2)n[nH]1)c1cccc(Br)c1Cl. The second-order valence-corrected chi connectivity index (χ2v) is 6.22. The van der Waals surface area contributed by atoms with Gasteiger partial charge in [0.1, 0.15) is 5.82 Å². The summed E-state index contributed by atoms with van der Waals surface area (Å²) in [6.45, 7) is 1.66. The molecule has 116 valence electrons. The smallest absolute Gasteiger partial charge is 0.253 e. The van der Waals surface area contributed by atoms with Crippen molar-refractivity contribution in [1.82, 2.24) is 20.5 Å². The molecule has 2 aromatic rings. The number of ether oxygens (including phenoxy) is 1. The molecule has 1 atom stereocenters. The Hall–Kier alpha value is -1.44. The molecule has 2 N–H and O–H groups in total. The molecule has 0 saturated carbocycles. The van der Waals surface area contributed by atoms with Crippen molar-refractivity contribution in [1.29, 1.82) is 0 Å². The summed E-state index contributed by atoms with van der Waals surface area (Å²) in [6.07, 6.45) is 0.928. The topological polar surface area (TPSA) is 79.9 Å². The minimum absolute atomic E-state index is 0.236. The van der Waals surface area contributed by atoms with Crippen LogP contribution in [0.25, 0.3) is 0 Å². The number of carbonyl (C=O) groups excluding carboxylic acids is 1. The van der Waals surface area contributed by atoms with Gasteiger partial charge < -0.3 is 10.1 Å². The first-order valence-electron chi connectivity index (χ1n) is 6.86. The van der Waals surface area contributed by atoms with Crippen LogP contribution in [0.5, 0.6) is 0 Å². The van der Waals surface area contributed by atoms with Gasteiger partial charge in [-0.2, -0.15) is 5.10 Å². The van der Waals surface area contributed by atoms with E-state index >= 15 is 0 Å². The van der Waals surface area contributed by atoms with Crippen molar-refractivity contribution < 1.29 is 9.53 Å². The maximum Gasteiger partial charge on any atom is 0.253 e. The van der Waals surface area contributed by atoms with E-state index in [2.05, 4.69) is 36.4 Å². The number of aromatic amines is 1. The van der Waals surface area contributed by atoms with Gasteiger partial charge in [-0.1, -0.05) is 17.7 Å². The summed E-state index contributed by atoms with van der Waals surface area (Å²) >= 11 is 9.40. The maximum absolute atomic E-state index is 12.2. The van der Waals surface area contributed by atoms with Gasteiger partial charge in [0.25, 0.3) is 5.91 Å². The molecule has 0 spiro atoms. The Kier molecular flexibility index (Phi) is 4.75. The molecule has 22 heavy (non-hydrogen) atoms. The third-order valence-corrected chi connectivity index (χ3v) is 4.75. The van der Waals surface area contributed by atoms with Crippen molar-refractivity contribution in [2.24, 2.45) is 0 Å². The Labute approximate surface area is 140 Å². The van der Waals surface area contributed by atoms with Crippen LogP contribution in [-0.2, 0) is 11.3 Å². The molecule has 1 unspecified atom stereocenters. The molecule has 0 aliphatic carbocycles. The summed E-state index contributed by atoms with van der Waals surface area (Å²) in [5.74, 6) is 1.33. The van der Waals surface area contributed by atoms with Crippen LogP contribution in [0.3, 0.4) is 0 Å². The van der Waals surface area contributed by atoms with Crippen LogP contribution in [0.15, 0.2) is 22.7 Å². The molecule has 8 heteroatoms. The van der Waals surface area contributed by atoms with Crippen molar-refractivity contribution in [2.45, 2.75) is 18.9 Å². The lowest BCUT2D eigenvalue weighted by molar-refractivity contribution is 0.0950. The number of nitrogens with zero attached hydrogens (tertiary/aromatic N) is 2. The summed E-state index contributed by atoms with van der Waals surface area (Å²) in [5, 5.41) is 10.2. The number of H-pyrrole nitrogens is 1. The molecule has 1 aliphatic rings. The van der Waals surface area contributed by atoms with E-state index in [0.29, 0.717) is 27.5 Å². The highest BCUT2D eigenvalue weighted by atomic mass is 79.9. The number of nitrogens with one attached hydrogen (secondary N) is 2. The standard InChI is InChI=1S/C14H14BrClN4O2/c15-10-3-1-2-9(12(10)16)14(21)17-6-11-18-13(20-19-11)8-4-5-22-7-8/h1-3,8H,4-7H2,(H,17,21)(H,18,19,20). The van der Waals surface area contributed by atoms with Crippen LogP contribution in [0.2, 0.25) is 5.02 Å². The predicted octanol–water partition coefficient (Wildman–Crippen LogP) is 2.65. The molecule has 3 rings (SSSR count). The van der Waals surface area contributed by atoms with E-state index in [1.54, 1.807) is 18.2 Å². The second-order valence-electron chi connectivity index (χ2n) is 4.98. The molecule has 0 radical (unpaired) electrons. The van der Waals surface area contributed by atoms with E-state index in [1.165, 1.54) is 0 Å². The van der Waals surface area contributed by atoms with Crippen molar-refractivity contribution in [2.75, 3.05) is 13.2 Å². The molecule has 1 aromatic heterocycles. The lowest BCUT2D eigenvalue weighted by atomic mass is 10.1. The van der Waals surface area contributed by atoms with E-state index in [1.807, 2.05) is 0 Å². The number of hydrogen-bond donors (Lipinski definition) is 2. The highest BCUT2D eigenvalue weighted by Crippen LogP contribution is 2.26. The first kappa shape index (κ1) is 15.5. The first-order valence-corrected chi connectivity index (χ1v) is 8.03.